The quantitative estimate of drug-likeness (QED) is 0.161. The van der Waals surface area contributed by atoms with Gasteiger partial charge < -0.3 is 14.8 Å². The van der Waals surface area contributed by atoms with Gasteiger partial charge in [0.15, 0.2) is 9.92 Å². The second kappa shape index (κ2) is 12.7. The minimum atomic E-state index is -4.28. The lowest BCUT2D eigenvalue weighted by Gasteiger charge is -2.45. The minimum absolute atomic E-state index is 0.0224. The second-order valence-electron chi connectivity index (χ2n) is 13.1. The SMILES string of the molecule is COC[C@H]1Cn2ncc([S@@](=N)(=O)N(C(=O)Nc3c4c(cc5c3C[C@@H](F)C5)CCC4)C(c3ccccc3)(c3ccccc3)c3ccccc3)c2O1. The smallest absolute Gasteiger partial charge is 0.336 e. The van der Waals surface area contributed by atoms with Crippen LogP contribution in [0, 0.1) is 4.78 Å². The van der Waals surface area contributed by atoms with E-state index < -0.39 is 33.8 Å². The summed E-state index contributed by atoms with van der Waals surface area (Å²) in [4.78, 5) is 15.5. The van der Waals surface area contributed by atoms with Crippen LogP contribution in [0.1, 0.15) is 45.4 Å². The van der Waals surface area contributed by atoms with Crippen LogP contribution in [0.25, 0.3) is 0 Å². The van der Waals surface area contributed by atoms with E-state index in [2.05, 4.69) is 16.5 Å². The molecular formula is C39H38FN5O4S. The minimum Gasteiger partial charge on any atom is -0.469 e. The highest BCUT2D eigenvalue weighted by atomic mass is 32.2. The fourth-order valence-corrected chi connectivity index (χ4v) is 9.77. The Morgan fingerprint density at radius 3 is 2.20 bits per heavy atom. The maximum Gasteiger partial charge on any atom is 0.336 e. The summed E-state index contributed by atoms with van der Waals surface area (Å²) in [5.74, 6) is 0.162. The molecule has 0 spiro atoms. The van der Waals surface area contributed by atoms with Gasteiger partial charge in [0.1, 0.15) is 22.7 Å². The third kappa shape index (κ3) is 5.18. The van der Waals surface area contributed by atoms with Gasteiger partial charge >= 0.3 is 6.03 Å². The molecule has 2 N–H and O–H groups in total. The number of urea groups is 1. The number of amides is 2. The third-order valence-corrected chi connectivity index (χ3v) is 11.9. The zero-order valence-electron chi connectivity index (χ0n) is 27.7. The van der Waals surface area contributed by atoms with Gasteiger partial charge in [-0.2, -0.15) is 5.10 Å². The number of nitrogens with zero attached hydrogens (tertiary/aromatic N) is 3. The first-order valence-corrected chi connectivity index (χ1v) is 18.4. The fourth-order valence-electron chi connectivity index (χ4n) is 8.01. The number of nitrogens with one attached hydrogen (secondary N) is 2. The number of aromatic nitrogens is 2. The van der Waals surface area contributed by atoms with Crippen LogP contribution in [0.2, 0.25) is 0 Å². The largest absolute Gasteiger partial charge is 0.469 e. The molecule has 11 heteroatoms. The Labute approximate surface area is 291 Å². The van der Waals surface area contributed by atoms with E-state index in [0.717, 1.165) is 41.5 Å². The van der Waals surface area contributed by atoms with E-state index in [-0.39, 0.29) is 30.2 Å². The van der Waals surface area contributed by atoms with Gasteiger partial charge in [0.2, 0.25) is 5.88 Å². The molecule has 0 saturated carbocycles. The van der Waals surface area contributed by atoms with E-state index in [4.69, 9.17) is 9.47 Å². The summed E-state index contributed by atoms with van der Waals surface area (Å²) in [6.07, 6.45) is 2.88. The van der Waals surface area contributed by atoms with Gasteiger partial charge in [-0.1, -0.05) is 97.1 Å². The number of benzene rings is 4. The molecule has 256 valence electrons. The van der Waals surface area contributed by atoms with Crippen LogP contribution in [-0.4, -0.2) is 50.3 Å². The van der Waals surface area contributed by atoms with Gasteiger partial charge in [0, 0.05) is 25.6 Å². The lowest BCUT2D eigenvalue weighted by Crippen LogP contribution is -2.55. The van der Waals surface area contributed by atoms with Crippen LogP contribution in [0.15, 0.2) is 108 Å². The molecule has 2 amide bonds. The first-order chi connectivity index (χ1) is 24.3. The van der Waals surface area contributed by atoms with Crippen molar-refractivity contribution >= 4 is 21.6 Å². The number of fused-ring (bicyclic) bond motifs is 3. The molecule has 8 rings (SSSR count). The van der Waals surface area contributed by atoms with Crippen molar-refractivity contribution in [1.82, 2.24) is 14.1 Å². The average Bonchev–Trinajstić information content (AvgIpc) is 3.92. The number of rotatable bonds is 9. The van der Waals surface area contributed by atoms with Crippen molar-refractivity contribution in [2.75, 3.05) is 19.0 Å². The molecule has 9 nitrogen and oxygen atoms in total. The normalized spacial score (nSPS) is 18.8. The number of carbonyl (C=O) groups excluding carboxylic acids is 1. The monoisotopic (exact) mass is 691 g/mol. The predicted octanol–water partition coefficient (Wildman–Crippen LogP) is 7.06. The molecule has 1 aromatic heterocycles. The molecule has 0 unspecified atom stereocenters. The van der Waals surface area contributed by atoms with Crippen LogP contribution < -0.4 is 10.1 Å². The number of aryl methyl sites for hydroxylation is 1. The second-order valence-corrected chi connectivity index (χ2v) is 15.0. The molecule has 5 aromatic rings. The van der Waals surface area contributed by atoms with Crippen LogP contribution >= 0.6 is 0 Å². The zero-order chi connectivity index (χ0) is 34.5. The molecule has 3 aliphatic rings. The van der Waals surface area contributed by atoms with E-state index in [9.17, 15) is 9.17 Å². The molecule has 4 aromatic carbocycles. The molecule has 0 fully saturated rings. The fraction of sp³-hybridized carbons (Fsp3) is 0.282. The van der Waals surface area contributed by atoms with E-state index in [1.807, 2.05) is 91.0 Å². The number of alkyl halides is 1. The summed E-state index contributed by atoms with van der Waals surface area (Å²) in [7, 11) is -2.71. The average molecular weight is 692 g/mol. The summed E-state index contributed by atoms with van der Waals surface area (Å²) in [5.41, 5.74) is 4.59. The first kappa shape index (κ1) is 32.2. The van der Waals surface area contributed by atoms with Crippen molar-refractivity contribution in [2.24, 2.45) is 0 Å². The predicted molar refractivity (Wildman–Crippen MR) is 188 cm³/mol. The van der Waals surface area contributed by atoms with Gasteiger partial charge in [-0.15, -0.1) is 0 Å². The Bertz CT molecular complexity index is 2060. The van der Waals surface area contributed by atoms with E-state index in [1.165, 1.54) is 10.5 Å². The van der Waals surface area contributed by atoms with Gasteiger partial charge in [0.25, 0.3) is 0 Å². The molecule has 50 heavy (non-hydrogen) atoms. The number of hydrogen-bond donors (Lipinski definition) is 2. The zero-order valence-corrected chi connectivity index (χ0v) is 28.5. The number of methoxy groups -OCH3 is 1. The van der Waals surface area contributed by atoms with Crippen molar-refractivity contribution in [3.05, 3.63) is 142 Å². The Kier molecular flexibility index (Phi) is 8.19. The highest BCUT2D eigenvalue weighted by Crippen LogP contribution is 2.48. The summed E-state index contributed by atoms with van der Waals surface area (Å²) >= 11 is 0. The highest BCUT2D eigenvalue weighted by Gasteiger charge is 2.52. The number of halogens is 1. The Morgan fingerprint density at radius 1 is 0.980 bits per heavy atom. The van der Waals surface area contributed by atoms with Crippen molar-refractivity contribution in [3.8, 4) is 5.88 Å². The van der Waals surface area contributed by atoms with Crippen molar-refractivity contribution in [1.29, 1.82) is 4.78 Å². The van der Waals surface area contributed by atoms with Crippen LogP contribution in [0.4, 0.5) is 14.9 Å². The number of anilines is 1. The molecule has 0 bridgehead atoms. The van der Waals surface area contributed by atoms with Gasteiger partial charge in [-0.25, -0.2) is 27.2 Å². The van der Waals surface area contributed by atoms with Crippen LogP contribution in [0.3, 0.4) is 0 Å². The lowest BCUT2D eigenvalue weighted by molar-refractivity contribution is 0.0919. The molecule has 2 aliphatic carbocycles. The highest BCUT2D eigenvalue weighted by molar-refractivity contribution is 7.90. The lowest BCUT2D eigenvalue weighted by atomic mass is 9.77. The number of hydrogen-bond acceptors (Lipinski definition) is 6. The van der Waals surface area contributed by atoms with E-state index in [0.29, 0.717) is 28.9 Å². The number of ether oxygens (including phenoxy) is 2. The van der Waals surface area contributed by atoms with Crippen LogP contribution in [-0.2, 0) is 52.4 Å². The Hall–Kier alpha value is -5.00. The third-order valence-electron chi connectivity index (χ3n) is 10.1. The summed E-state index contributed by atoms with van der Waals surface area (Å²) in [6, 6.07) is 29.5. The summed E-state index contributed by atoms with van der Waals surface area (Å²) < 4.78 is 55.0. The molecule has 1 aliphatic heterocycles. The van der Waals surface area contributed by atoms with Gasteiger partial charge in [0.05, 0.1) is 19.3 Å². The maximum atomic E-state index is 15.8. The molecule has 0 radical (unpaired) electrons. The first-order valence-electron chi connectivity index (χ1n) is 16.9. The molecule has 0 saturated heterocycles. The Morgan fingerprint density at radius 2 is 1.60 bits per heavy atom. The van der Waals surface area contributed by atoms with Crippen molar-refractivity contribution in [2.45, 2.75) is 61.4 Å². The summed E-state index contributed by atoms with van der Waals surface area (Å²) in [5, 5.41) is 7.64. The topological polar surface area (TPSA) is 110 Å². The Balaban J connectivity index is 1.40. The van der Waals surface area contributed by atoms with E-state index >= 15 is 9.00 Å². The number of carbonyl (C=O) groups is 1. The standard InChI is InChI=1S/C39H38FN5O4S/c1-48-25-32-24-44-37(49-32)35(23-42-44)50(41,47)45(38(46)43-36-33-19-11-12-26(33)20-27-21-31(40)22-34(27)36)39(28-13-5-2-6-14-28,29-15-7-3-8-16-29)30-17-9-4-10-18-30/h2-10,13-18,20,23,31-32,41H,11-12,19,21-22,24-25H2,1H3,(H,43,46)/t31-,32+,50-/m0/s1. The molecule has 2 heterocycles. The van der Waals surface area contributed by atoms with Gasteiger partial charge in [-0.05, 0) is 58.2 Å². The van der Waals surface area contributed by atoms with Gasteiger partial charge in [-0.3, -0.25) is 0 Å². The molecular weight excluding hydrogens is 654 g/mol. The van der Waals surface area contributed by atoms with Crippen LogP contribution in [0.5, 0.6) is 5.88 Å². The molecule has 3 atom stereocenters. The van der Waals surface area contributed by atoms with E-state index in [1.54, 1.807) is 11.8 Å². The van der Waals surface area contributed by atoms with Crippen molar-refractivity contribution in [3.63, 3.8) is 0 Å². The maximum absolute atomic E-state index is 15.8. The van der Waals surface area contributed by atoms with Crippen molar-refractivity contribution < 1.29 is 22.9 Å². The summed E-state index contributed by atoms with van der Waals surface area (Å²) in [6.45, 7) is 0.618.